The van der Waals surface area contributed by atoms with Crippen LogP contribution in [-0.4, -0.2) is 44.1 Å². The van der Waals surface area contributed by atoms with Crippen molar-refractivity contribution in [1.29, 1.82) is 5.26 Å². The van der Waals surface area contributed by atoms with Gasteiger partial charge >= 0.3 is 0 Å². The Bertz CT molecular complexity index is 696. The molecule has 1 fully saturated rings. The van der Waals surface area contributed by atoms with E-state index in [1.807, 2.05) is 19.1 Å². The second-order valence-electron chi connectivity index (χ2n) is 6.84. The lowest BCUT2D eigenvalue weighted by molar-refractivity contribution is -0.881. The molecular formula is C19H27N4O3+. The van der Waals surface area contributed by atoms with Gasteiger partial charge in [0.15, 0.2) is 13.1 Å². The highest BCUT2D eigenvalue weighted by molar-refractivity contribution is 5.93. The van der Waals surface area contributed by atoms with Crippen molar-refractivity contribution in [1.82, 2.24) is 5.32 Å². The van der Waals surface area contributed by atoms with Gasteiger partial charge in [0.25, 0.3) is 11.8 Å². The summed E-state index contributed by atoms with van der Waals surface area (Å²) in [5.41, 5.74) is -0.207. The first-order chi connectivity index (χ1) is 12.4. The van der Waals surface area contributed by atoms with Crippen molar-refractivity contribution in [3.63, 3.8) is 0 Å². The third-order valence-electron chi connectivity index (χ3n) is 4.73. The molecule has 1 aromatic carbocycles. The Morgan fingerprint density at radius 2 is 1.96 bits per heavy atom. The molecule has 0 radical (unpaired) electrons. The van der Waals surface area contributed by atoms with Crippen molar-refractivity contribution in [2.24, 2.45) is 5.92 Å². The minimum atomic E-state index is -0.810. The molecule has 26 heavy (non-hydrogen) atoms. The van der Waals surface area contributed by atoms with Crippen LogP contribution in [0.15, 0.2) is 24.3 Å². The summed E-state index contributed by atoms with van der Waals surface area (Å²) < 4.78 is 5.22. The number of benzene rings is 1. The van der Waals surface area contributed by atoms with E-state index in [0.29, 0.717) is 18.0 Å². The topological polar surface area (TPSA) is 95.7 Å². The lowest BCUT2D eigenvalue weighted by Gasteiger charge is -2.24. The molecule has 2 rings (SSSR count). The Morgan fingerprint density at radius 3 is 2.54 bits per heavy atom. The fourth-order valence-electron chi connectivity index (χ4n) is 2.92. The number of carbonyl (C=O) groups is 2. The number of ether oxygens (including phenoxy) is 1. The number of nitriles is 1. The molecule has 1 unspecified atom stereocenters. The highest BCUT2D eigenvalue weighted by Gasteiger charge is 2.43. The van der Waals surface area contributed by atoms with Gasteiger partial charge in [-0.15, -0.1) is 0 Å². The standard InChI is InChI=1S/C19H26N4O3/c1-4-23(12-18(25)22-19(2,13-20)14-9-10-14)11-17(24)21-15-7-5-6-8-16(15)26-3/h5-8,14H,4,9-12H2,1-3H3,(H,21,24)(H,22,25)/p+1/t19-/m1/s1. The minimum Gasteiger partial charge on any atom is -0.495 e. The van der Waals surface area contributed by atoms with Gasteiger partial charge in [0.2, 0.25) is 0 Å². The molecule has 0 bridgehead atoms. The number of nitrogens with one attached hydrogen (secondary N) is 3. The first-order valence-electron chi connectivity index (χ1n) is 8.90. The molecule has 1 saturated carbocycles. The first kappa shape index (κ1) is 19.7. The van der Waals surface area contributed by atoms with Gasteiger partial charge in [-0.25, -0.2) is 0 Å². The smallest absolute Gasteiger partial charge is 0.279 e. The molecule has 2 atom stereocenters. The van der Waals surface area contributed by atoms with E-state index >= 15 is 0 Å². The van der Waals surface area contributed by atoms with E-state index in [4.69, 9.17) is 4.74 Å². The molecule has 0 spiro atoms. The Labute approximate surface area is 154 Å². The second kappa shape index (κ2) is 8.68. The molecular weight excluding hydrogens is 332 g/mol. The Morgan fingerprint density at radius 1 is 1.31 bits per heavy atom. The summed E-state index contributed by atoms with van der Waals surface area (Å²) in [5, 5.41) is 15.0. The molecule has 3 N–H and O–H groups in total. The number of hydrogen-bond donors (Lipinski definition) is 3. The zero-order valence-corrected chi connectivity index (χ0v) is 15.6. The van der Waals surface area contributed by atoms with E-state index in [-0.39, 0.29) is 30.8 Å². The molecule has 1 aromatic rings. The van der Waals surface area contributed by atoms with E-state index in [1.165, 1.54) is 0 Å². The molecule has 7 heteroatoms. The number of para-hydroxylation sites is 2. The average molecular weight is 359 g/mol. The van der Waals surface area contributed by atoms with Crippen molar-refractivity contribution < 1.29 is 19.2 Å². The highest BCUT2D eigenvalue weighted by atomic mass is 16.5. The van der Waals surface area contributed by atoms with Gasteiger partial charge in [0.1, 0.15) is 11.3 Å². The van der Waals surface area contributed by atoms with E-state index in [9.17, 15) is 14.9 Å². The minimum absolute atomic E-state index is 0.153. The zero-order valence-electron chi connectivity index (χ0n) is 15.6. The van der Waals surface area contributed by atoms with Crippen LogP contribution in [0.2, 0.25) is 0 Å². The number of anilines is 1. The molecule has 0 heterocycles. The summed E-state index contributed by atoms with van der Waals surface area (Å²) in [4.78, 5) is 25.5. The summed E-state index contributed by atoms with van der Waals surface area (Å²) in [6.07, 6.45) is 1.94. The van der Waals surface area contributed by atoms with Crippen molar-refractivity contribution >= 4 is 17.5 Å². The number of methoxy groups -OCH3 is 1. The molecule has 1 aliphatic carbocycles. The predicted molar refractivity (Wildman–Crippen MR) is 97.7 cm³/mol. The van der Waals surface area contributed by atoms with Crippen molar-refractivity contribution in [2.45, 2.75) is 32.2 Å². The molecule has 0 saturated heterocycles. The third-order valence-corrected chi connectivity index (χ3v) is 4.73. The van der Waals surface area contributed by atoms with Gasteiger partial charge < -0.3 is 20.3 Å². The van der Waals surface area contributed by atoms with Gasteiger partial charge in [-0.3, -0.25) is 9.59 Å². The Balaban J connectivity index is 1.89. The maximum atomic E-state index is 12.3. The van der Waals surface area contributed by atoms with Gasteiger partial charge in [0.05, 0.1) is 25.4 Å². The summed E-state index contributed by atoms with van der Waals surface area (Å²) >= 11 is 0. The van der Waals surface area contributed by atoms with Gasteiger partial charge in [0, 0.05) is 0 Å². The second-order valence-corrected chi connectivity index (χ2v) is 6.84. The number of amides is 2. The normalized spacial score (nSPS) is 16.7. The van der Waals surface area contributed by atoms with E-state index in [2.05, 4.69) is 16.7 Å². The van der Waals surface area contributed by atoms with Crippen LogP contribution in [0.1, 0.15) is 26.7 Å². The van der Waals surface area contributed by atoms with Crippen LogP contribution in [0.4, 0.5) is 5.69 Å². The van der Waals surface area contributed by atoms with Gasteiger partial charge in [-0.1, -0.05) is 12.1 Å². The predicted octanol–water partition coefficient (Wildman–Crippen LogP) is 0.347. The van der Waals surface area contributed by atoms with Crippen LogP contribution < -0.4 is 20.3 Å². The van der Waals surface area contributed by atoms with Crippen LogP contribution in [0.3, 0.4) is 0 Å². The van der Waals surface area contributed by atoms with Gasteiger partial charge in [-0.05, 0) is 44.7 Å². The summed E-state index contributed by atoms with van der Waals surface area (Å²) in [7, 11) is 1.55. The highest BCUT2D eigenvalue weighted by Crippen LogP contribution is 2.39. The number of hydrogen-bond acceptors (Lipinski definition) is 4. The zero-order chi connectivity index (χ0) is 19.2. The lowest BCUT2D eigenvalue weighted by atomic mass is 9.98. The molecule has 2 amide bonds. The average Bonchev–Trinajstić information content (AvgIpc) is 3.47. The maximum Gasteiger partial charge on any atom is 0.279 e. The quantitative estimate of drug-likeness (QED) is 0.593. The summed E-state index contributed by atoms with van der Waals surface area (Å²) in [6, 6.07) is 9.40. The van der Waals surface area contributed by atoms with Gasteiger partial charge in [-0.2, -0.15) is 5.26 Å². The van der Waals surface area contributed by atoms with E-state index in [1.54, 1.807) is 26.2 Å². The molecule has 140 valence electrons. The van der Waals surface area contributed by atoms with E-state index < -0.39 is 5.54 Å². The summed E-state index contributed by atoms with van der Waals surface area (Å²) in [6.45, 7) is 4.62. The monoisotopic (exact) mass is 359 g/mol. The number of quaternary nitrogens is 1. The van der Waals surface area contributed by atoms with Crippen molar-refractivity contribution in [3.8, 4) is 11.8 Å². The fraction of sp³-hybridized carbons (Fsp3) is 0.526. The van der Waals surface area contributed by atoms with E-state index in [0.717, 1.165) is 17.7 Å². The van der Waals surface area contributed by atoms with Crippen LogP contribution in [-0.2, 0) is 9.59 Å². The number of nitrogens with zero attached hydrogens (tertiary/aromatic N) is 1. The molecule has 0 aromatic heterocycles. The molecule has 7 nitrogen and oxygen atoms in total. The summed E-state index contributed by atoms with van der Waals surface area (Å²) in [5.74, 6) is 0.425. The van der Waals surface area contributed by atoms with Crippen LogP contribution in [0.5, 0.6) is 5.75 Å². The maximum absolute atomic E-state index is 12.3. The number of likely N-dealkylation sites (N-methyl/N-ethyl adjacent to an activating group) is 1. The molecule has 1 aliphatic rings. The SMILES string of the molecule is CC[NH+](CC(=O)Nc1ccccc1OC)CC(=O)N[C@](C)(C#N)C1CC1. The lowest BCUT2D eigenvalue weighted by Crippen LogP contribution is -3.14. The first-order valence-corrected chi connectivity index (χ1v) is 8.90. The number of rotatable bonds is 9. The van der Waals surface area contributed by atoms with Crippen LogP contribution in [0, 0.1) is 17.2 Å². The Hall–Kier alpha value is -2.59. The largest absolute Gasteiger partial charge is 0.495 e. The van der Waals surface area contributed by atoms with Crippen LogP contribution >= 0.6 is 0 Å². The van der Waals surface area contributed by atoms with Crippen LogP contribution in [0.25, 0.3) is 0 Å². The Kier molecular flexibility index (Phi) is 6.58. The van der Waals surface area contributed by atoms with Crippen molar-refractivity contribution in [2.75, 3.05) is 32.1 Å². The van der Waals surface area contributed by atoms with Crippen molar-refractivity contribution in [3.05, 3.63) is 24.3 Å². The number of carbonyl (C=O) groups excluding carboxylic acids is 2. The molecule has 0 aliphatic heterocycles. The fourth-order valence-corrected chi connectivity index (χ4v) is 2.92. The third kappa shape index (κ3) is 5.20.